The molecule has 0 aliphatic heterocycles. The largest absolute Gasteiger partial charge is 0.323 e. The second kappa shape index (κ2) is 5.55. The molecule has 0 aliphatic carbocycles. The van der Waals surface area contributed by atoms with Crippen LogP contribution in [0, 0.1) is 6.92 Å². The van der Waals surface area contributed by atoms with Crippen molar-refractivity contribution in [1.82, 2.24) is 4.98 Å². The van der Waals surface area contributed by atoms with Gasteiger partial charge in [0, 0.05) is 12.2 Å². The van der Waals surface area contributed by atoms with Crippen LogP contribution in [0.15, 0.2) is 31.0 Å². The fourth-order valence-corrected chi connectivity index (χ4v) is 1.50. The number of nitrogens with two attached hydrogens (primary N) is 1. The van der Waals surface area contributed by atoms with Gasteiger partial charge in [0.2, 0.25) is 0 Å². The highest BCUT2D eigenvalue weighted by Gasteiger charge is 2.08. The van der Waals surface area contributed by atoms with E-state index in [2.05, 4.69) is 24.6 Å². The molecule has 0 aromatic carbocycles. The van der Waals surface area contributed by atoms with Crippen molar-refractivity contribution in [2.24, 2.45) is 5.73 Å². The van der Waals surface area contributed by atoms with Gasteiger partial charge >= 0.3 is 0 Å². The highest BCUT2D eigenvalue weighted by atomic mass is 14.8. The second-order valence-corrected chi connectivity index (χ2v) is 3.53. The van der Waals surface area contributed by atoms with Crippen LogP contribution in [0.4, 0.5) is 0 Å². The SMILES string of the molecule is C=CCCCC(N)c1ncccc1C. The first-order chi connectivity index (χ1) is 6.75. The summed E-state index contributed by atoms with van der Waals surface area (Å²) < 4.78 is 0. The lowest BCUT2D eigenvalue weighted by Crippen LogP contribution is -2.13. The minimum Gasteiger partial charge on any atom is -0.323 e. The maximum Gasteiger partial charge on any atom is 0.0600 e. The van der Waals surface area contributed by atoms with Crippen molar-refractivity contribution in [1.29, 1.82) is 0 Å². The zero-order valence-corrected chi connectivity index (χ0v) is 8.74. The molecule has 1 aromatic heterocycles. The summed E-state index contributed by atoms with van der Waals surface area (Å²) in [5.74, 6) is 0. The quantitative estimate of drug-likeness (QED) is 0.572. The topological polar surface area (TPSA) is 38.9 Å². The number of hydrogen-bond acceptors (Lipinski definition) is 2. The van der Waals surface area contributed by atoms with Crippen molar-refractivity contribution >= 4 is 0 Å². The molecule has 1 unspecified atom stereocenters. The van der Waals surface area contributed by atoms with Gasteiger partial charge in [-0.25, -0.2) is 0 Å². The third-order valence-electron chi connectivity index (χ3n) is 2.32. The van der Waals surface area contributed by atoms with Crippen molar-refractivity contribution in [3.8, 4) is 0 Å². The number of rotatable bonds is 5. The summed E-state index contributed by atoms with van der Waals surface area (Å²) in [7, 11) is 0. The maximum atomic E-state index is 6.04. The van der Waals surface area contributed by atoms with Gasteiger partial charge < -0.3 is 5.73 Å². The van der Waals surface area contributed by atoms with Crippen LogP contribution in [0.25, 0.3) is 0 Å². The number of aryl methyl sites for hydroxylation is 1. The van der Waals surface area contributed by atoms with Crippen molar-refractivity contribution in [3.05, 3.63) is 42.2 Å². The van der Waals surface area contributed by atoms with E-state index in [1.54, 1.807) is 6.20 Å². The fraction of sp³-hybridized carbons (Fsp3) is 0.417. The first kappa shape index (κ1) is 10.9. The molecule has 0 saturated heterocycles. The van der Waals surface area contributed by atoms with Crippen LogP contribution in [-0.4, -0.2) is 4.98 Å². The van der Waals surface area contributed by atoms with Gasteiger partial charge in [0.05, 0.1) is 5.69 Å². The third kappa shape index (κ3) is 2.96. The number of unbranched alkanes of at least 4 members (excludes halogenated alkanes) is 1. The normalized spacial score (nSPS) is 12.4. The molecule has 1 rings (SSSR count). The Labute approximate surface area is 85.9 Å². The van der Waals surface area contributed by atoms with E-state index in [4.69, 9.17) is 5.73 Å². The lowest BCUT2D eigenvalue weighted by atomic mass is 10.0. The van der Waals surface area contributed by atoms with Crippen LogP contribution in [0.1, 0.15) is 36.6 Å². The molecular formula is C12H18N2. The molecule has 0 saturated carbocycles. The average molecular weight is 190 g/mol. The predicted octanol–water partition coefficient (Wildman–Crippen LogP) is 2.75. The molecule has 2 N–H and O–H groups in total. The van der Waals surface area contributed by atoms with Gasteiger partial charge in [-0.1, -0.05) is 12.1 Å². The fourth-order valence-electron chi connectivity index (χ4n) is 1.50. The average Bonchev–Trinajstić information content (AvgIpc) is 2.18. The molecule has 0 fully saturated rings. The maximum absolute atomic E-state index is 6.04. The van der Waals surface area contributed by atoms with Gasteiger partial charge in [-0.05, 0) is 37.8 Å². The summed E-state index contributed by atoms with van der Waals surface area (Å²) >= 11 is 0. The van der Waals surface area contributed by atoms with E-state index < -0.39 is 0 Å². The lowest BCUT2D eigenvalue weighted by Gasteiger charge is -2.12. The third-order valence-corrected chi connectivity index (χ3v) is 2.32. The second-order valence-electron chi connectivity index (χ2n) is 3.53. The van der Waals surface area contributed by atoms with E-state index >= 15 is 0 Å². The standard InChI is InChI=1S/C12H18N2/c1-3-4-5-8-11(13)12-10(2)7-6-9-14-12/h3,6-7,9,11H,1,4-5,8,13H2,2H3. The number of nitrogens with zero attached hydrogens (tertiary/aromatic N) is 1. The number of allylic oxidation sites excluding steroid dienone is 1. The molecule has 1 atom stereocenters. The molecule has 0 aliphatic rings. The number of aromatic nitrogens is 1. The van der Waals surface area contributed by atoms with Crippen molar-refractivity contribution in [2.75, 3.05) is 0 Å². The Kier molecular flexibility index (Phi) is 4.33. The summed E-state index contributed by atoms with van der Waals surface area (Å²) in [6.07, 6.45) is 6.82. The van der Waals surface area contributed by atoms with Crippen molar-refractivity contribution < 1.29 is 0 Å². The van der Waals surface area contributed by atoms with Crippen LogP contribution in [0.3, 0.4) is 0 Å². The van der Waals surface area contributed by atoms with Gasteiger partial charge in [-0.15, -0.1) is 6.58 Å². The van der Waals surface area contributed by atoms with Gasteiger partial charge in [0.25, 0.3) is 0 Å². The van der Waals surface area contributed by atoms with E-state index in [0.29, 0.717) is 0 Å². The smallest absolute Gasteiger partial charge is 0.0600 e. The Morgan fingerprint density at radius 2 is 2.43 bits per heavy atom. The number of hydrogen-bond donors (Lipinski definition) is 1. The monoisotopic (exact) mass is 190 g/mol. The molecule has 76 valence electrons. The molecular weight excluding hydrogens is 172 g/mol. The Balaban J connectivity index is 2.55. The first-order valence-corrected chi connectivity index (χ1v) is 5.03. The molecule has 1 aromatic rings. The Morgan fingerprint density at radius 1 is 1.64 bits per heavy atom. The minimum atomic E-state index is 0.0659. The van der Waals surface area contributed by atoms with Crippen LogP contribution < -0.4 is 5.73 Å². The van der Waals surface area contributed by atoms with Crippen molar-refractivity contribution in [2.45, 2.75) is 32.2 Å². The molecule has 1 heterocycles. The zero-order valence-electron chi connectivity index (χ0n) is 8.74. The lowest BCUT2D eigenvalue weighted by molar-refractivity contribution is 0.599. The van der Waals surface area contributed by atoms with Crippen LogP contribution in [-0.2, 0) is 0 Å². The zero-order chi connectivity index (χ0) is 10.4. The Bertz CT molecular complexity index is 294. The van der Waals surface area contributed by atoms with Crippen LogP contribution in [0.5, 0.6) is 0 Å². The van der Waals surface area contributed by atoms with Gasteiger partial charge in [-0.2, -0.15) is 0 Å². The summed E-state index contributed by atoms with van der Waals surface area (Å²) in [5, 5.41) is 0. The highest BCUT2D eigenvalue weighted by molar-refractivity contribution is 5.20. The molecule has 0 radical (unpaired) electrons. The van der Waals surface area contributed by atoms with E-state index in [1.807, 2.05) is 12.1 Å². The Morgan fingerprint density at radius 3 is 3.07 bits per heavy atom. The van der Waals surface area contributed by atoms with Gasteiger partial charge in [-0.3, -0.25) is 4.98 Å². The van der Waals surface area contributed by atoms with Gasteiger partial charge in [0.15, 0.2) is 0 Å². The summed E-state index contributed by atoms with van der Waals surface area (Å²) in [6, 6.07) is 4.06. The molecule has 0 spiro atoms. The Hall–Kier alpha value is -1.15. The van der Waals surface area contributed by atoms with Gasteiger partial charge in [0.1, 0.15) is 0 Å². The summed E-state index contributed by atoms with van der Waals surface area (Å²) in [6.45, 7) is 5.74. The molecule has 0 amide bonds. The van der Waals surface area contributed by atoms with E-state index in [-0.39, 0.29) is 6.04 Å². The van der Waals surface area contributed by atoms with Crippen LogP contribution in [0.2, 0.25) is 0 Å². The summed E-state index contributed by atoms with van der Waals surface area (Å²) in [4.78, 5) is 4.31. The van der Waals surface area contributed by atoms with E-state index in [0.717, 1.165) is 25.0 Å². The molecule has 14 heavy (non-hydrogen) atoms. The van der Waals surface area contributed by atoms with Crippen LogP contribution >= 0.6 is 0 Å². The van der Waals surface area contributed by atoms with Crippen molar-refractivity contribution in [3.63, 3.8) is 0 Å². The summed E-state index contributed by atoms with van der Waals surface area (Å²) in [5.41, 5.74) is 8.24. The number of pyridine rings is 1. The molecule has 0 bridgehead atoms. The molecule has 2 nitrogen and oxygen atoms in total. The highest BCUT2D eigenvalue weighted by Crippen LogP contribution is 2.17. The molecule has 2 heteroatoms. The predicted molar refractivity (Wildman–Crippen MR) is 60.0 cm³/mol. The first-order valence-electron chi connectivity index (χ1n) is 5.03. The van der Waals surface area contributed by atoms with E-state index in [9.17, 15) is 0 Å². The van der Waals surface area contributed by atoms with E-state index in [1.165, 1.54) is 5.56 Å². The minimum absolute atomic E-state index is 0.0659.